The zero-order chi connectivity index (χ0) is 9.35. The first-order valence-electron chi connectivity index (χ1n) is 5.06. The molecule has 0 N–H and O–H groups in total. The minimum Gasteiger partial charge on any atom is -0.309 e. The standard InChI is InChI=1S/C11H23N/c1-9-6-10(7-9)11(2,3)8-12(4)5/h9-10H,6-8H2,1-5H3. The third-order valence-corrected chi connectivity index (χ3v) is 3.20. The third kappa shape index (κ3) is 2.22. The Morgan fingerprint density at radius 1 is 1.25 bits per heavy atom. The molecule has 0 aromatic rings. The van der Waals surface area contributed by atoms with E-state index in [1.54, 1.807) is 0 Å². The van der Waals surface area contributed by atoms with Crippen LogP contribution in [0.25, 0.3) is 0 Å². The molecule has 0 atom stereocenters. The summed E-state index contributed by atoms with van der Waals surface area (Å²) >= 11 is 0. The fraction of sp³-hybridized carbons (Fsp3) is 1.00. The quantitative estimate of drug-likeness (QED) is 0.628. The van der Waals surface area contributed by atoms with Crippen LogP contribution in [0.2, 0.25) is 0 Å². The van der Waals surface area contributed by atoms with Gasteiger partial charge in [-0.25, -0.2) is 0 Å². The van der Waals surface area contributed by atoms with Crippen molar-refractivity contribution in [3.8, 4) is 0 Å². The average Bonchev–Trinajstić information content (AvgIpc) is 1.77. The van der Waals surface area contributed by atoms with Crippen LogP contribution in [-0.2, 0) is 0 Å². The summed E-state index contributed by atoms with van der Waals surface area (Å²) < 4.78 is 0. The van der Waals surface area contributed by atoms with Crippen molar-refractivity contribution in [3.63, 3.8) is 0 Å². The maximum Gasteiger partial charge on any atom is 0.00292 e. The Labute approximate surface area is 77.1 Å². The van der Waals surface area contributed by atoms with Crippen molar-refractivity contribution in [2.75, 3.05) is 20.6 Å². The molecule has 0 spiro atoms. The second-order valence-electron chi connectivity index (χ2n) is 5.50. The van der Waals surface area contributed by atoms with E-state index >= 15 is 0 Å². The third-order valence-electron chi connectivity index (χ3n) is 3.20. The van der Waals surface area contributed by atoms with Crippen molar-refractivity contribution in [1.82, 2.24) is 4.90 Å². The van der Waals surface area contributed by atoms with Crippen molar-refractivity contribution in [2.45, 2.75) is 33.6 Å². The molecule has 1 fully saturated rings. The van der Waals surface area contributed by atoms with Gasteiger partial charge in [0, 0.05) is 6.54 Å². The van der Waals surface area contributed by atoms with Crippen LogP contribution in [0.15, 0.2) is 0 Å². The normalized spacial score (nSPS) is 30.5. The molecule has 1 rings (SSSR count). The molecule has 0 aromatic carbocycles. The van der Waals surface area contributed by atoms with Gasteiger partial charge in [0.1, 0.15) is 0 Å². The SMILES string of the molecule is CC1CC(C(C)(C)CN(C)C)C1. The van der Waals surface area contributed by atoms with E-state index in [-0.39, 0.29) is 0 Å². The molecule has 0 saturated heterocycles. The zero-order valence-corrected chi connectivity index (χ0v) is 9.22. The Bertz CT molecular complexity index is 143. The van der Waals surface area contributed by atoms with E-state index in [2.05, 4.69) is 39.8 Å². The highest BCUT2D eigenvalue weighted by Gasteiger charge is 2.37. The lowest BCUT2D eigenvalue weighted by Gasteiger charge is -2.45. The molecular formula is C11H23N. The molecule has 0 aliphatic heterocycles. The number of nitrogens with zero attached hydrogens (tertiary/aromatic N) is 1. The number of hydrogen-bond donors (Lipinski definition) is 0. The van der Waals surface area contributed by atoms with Gasteiger partial charge in [-0.3, -0.25) is 0 Å². The van der Waals surface area contributed by atoms with Gasteiger partial charge in [0.05, 0.1) is 0 Å². The highest BCUT2D eigenvalue weighted by atomic mass is 15.1. The summed E-state index contributed by atoms with van der Waals surface area (Å²) in [5.74, 6) is 1.95. The highest BCUT2D eigenvalue weighted by molar-refractivity contribution is 4.88. The van der Waals surface area contributed by atoms with Gasteiger partial charge in [0.25, 0.3) is 0 Å². The van der Waals surface area contributed by atoms with Crippen LogP contribution in [0, 0.1) is 17.3 Å². The first kappa shape index (κ1) is 10.0. The molecule has 0 amide bonds. The van der Waals surface area contributed by atoms with E-state index in [0.717, 1.165) is 11.8 Å². The Hall–Kier alpha value is -0.0400. The van der Waals surface area contributed by atoms with E-state index < -0.39 is 0 Å². The Morgan fingerprint density at radius 2 is 1.75 bits per heavy atom. The first-order valence-corrected chi connectivity index (χ1v) is 5.06. The minimum atomic E-state index is 0.524. The minimum absolute atomic E-state index is 0.524. The second kappa shape index (κ2) is 3.37. The van der Waals surface area contributed by atoms with E-state index in [4.69, 9.17) is 0 Å². The molecule has 0 aromatic heterocycles. The van der Waals surface area contributed by atoms with Crippen LogP contribution >= 0.6 is 0 Å². The molecule has 1 aliphatic carbocycles. The zero-order valence-electron chi connectivity index (χ0n) is 9.22. The fourth-order valence-electron chi connectivity index (χ4n) is 2.48. The van der Waals surface area contributed by atoms with Gasteiger partial charge < -0.3 is 4.90 Å². The van der Waals surface area contributed by atoms with E-state index in [1.165, 1.54) is 19.4 Å². The van der Waals surface area contributed by atoms with Crippen LogP contribution < -0.4 is 0 Å². The van der Waals surface area contributed by atoms with Crippen LogP contribution in [0.5, 0.6) is 0 Å². The Kier molecular flexibility index (Phi) is 2.82. The maximum atomic E-state index is 2.41. The summed E-state index contributed by atoms with van der Waals surface area (Å²) in [6.07, 6.45) is 2.89. The lowest BCUT2D eigenvalue weighted by atomic mass is 9.62. The van der Waals surface area contributed by atoms with E-state index in [1.807, 2.05) is 0 Å². The molecule has 1 saturated carbocycles. The summed E-state index contributed by atoms with van der Waals surface area (Å²) in [4.78, 5) is 2.31. The van der Waals surface area contributed by atoms with Crippen LogP contribution in [0.4, 0.5) is 0 Å². The average molecular weight is 169 g/mol. The second-order valence-corrected chi connectivity index (χ2v) is 5.50. The molecule has 0 bridgehead atoms. The topological polar surface area (TPSA) is 3.24 Å². The molecule has 1 nitrogen and oxygen atoms in total. The van der Waals surface area contributed by atoms with Gasteiger partial charge in [0.15, 0.2) is 0 Å². The molecule has 72 valence electrons. The molecular weight excluding hydrogens is 146 g/mol. The molecule has 0 unspecified atom stereocenters. The fourth-order valence-corrected chi connectivity index (χ4v) is 2.48. The van der Waals surface area contributed by atoms with Gasteiger partial charge in [0.2, 0.25) is 0 Å². The smallest absolute Gasteiger partial charge is 0.00292 e. The lowest BCUT2D eigenvalue weighted by molar-refractivity contribution is 0.0494. The molecule has 1 aliphatic rings. The van der Waals surface area contributed by atoms with Crippen molar-refractivity contribution in [1.29, 1.82) is 0 Å². The Morgan fingerprint density at radius 3 is 2.08 bits per heavy atom. The van der Waals surface area contributed by atoms with Crippen molar-refractivity contribution < 1.29 is 0 Å². The van der Waals surface area contributed by atoms with Gasteiger partial charge in [-0.15, -0.1) is 0 Å². The largest absolute Gasteiger partial charge is 0.309 e. The van der Waals surface area contributed by atoms with Crippen LogP contribution in [0.1, 0.15) is 33.6 Å². The van der Waals surface area contributed by atoms with Crippen LogP contribution in [0.3, 0.4) is 0 Å². The summed E-state index contributed by atoms with van der Waals surface area (Å²) in [5, 5.41) is 0. The number of hydrogen-bond acceptors (Lipinski definition) is 1. The maximum absolute atomic E-state index is 2.41. The highest BCUT2D eigenvalue weighted by Crippen LogP contribution is 2.45. The van der Waals surface area contributed by atoms with Crippen LogP contribution in [-0.4, -0.2) is 25.5 Å². The van der Waals surface area contributed by atoms with Crippen molar-refractivity contribution in [2.24, 2.45) is 17.3 Å². The summed E-state index contributed by atoms with van der Waals surface area (Å²) in [6, 6.07) is 0. The molecule has 0 heterocycles. The predicted octanol–water partition coefficient (Wildman–Crippen LogP) is 2.62. The van der Waals surface area contributed by atoms with E-state index in [0.29, 0.717) is 5.41 Å². The molecule has 0 radical (unpaired) electrons. The van der Waals surface area contributed by atoms with Gasteiger partial charge >= 0.3 is 0 Å². The summed E-state index contributed by atoms with van der Waals surface area (Å²) in [5.41, 5.74) is 0.524. The number of rotatable bonds is 3. The summed E-state index contributed by atoms with van der Waals surface area (Å²) in [7, 11) is 4.34. The van der Waals surface area contributed by atoms with Crippen molar-refractivity contribution >= 4 is 0 Å². The first-order chi connectivity index (χ1) is 5.42. The summed E-state index contributed by atoms with van der Waals surface area (Å²) in [6.45, 7) is 8.40. The molecule has 1 heteroatoms. The molecule has 12 heavy (non-hydrogen) atoms. The van der Waals surface area contributed by atoms with Crippen molar-refractivity contribution in [3.05, 3.63) is 0 Å². The lowest BCUT2D eigenvalue weighted by Crippen LogP contribution is -2.41. The monoisotopic (exact) mass is 169 g/mol. The Balaban J connectivity index is 2.38. The van der Waals surface area contributed by atoms with Gasteiger partial charge in [-0.05, 0) is 44.2 Å². The predicted molar refractivity (Wildman–Crippen MR) is 54.2 cm³/mol. The van der Waals surface area contributed by atoms with Gasteiger partial charge in [-0.1, -0.05) is 20.8 Å². The van der Waals surface area contributed by atoms with E-state index in [9.17, 15) is 0 Å². The van der Waals surface area contributed by atoms with Gasteiger partial charge in [-0.2, -0.15) is 0 Å².